The third-order valence-electron chi connectivity index (χ3n) is 3.56. The van der Waals surface area contributed by atoms with Crippen molar-refractivity contribution in [3.63, 3.8) is 0 Å². The van der Waals surface area contributed by atoms with Crippen LogP contribution in [0.5, 0.6) is 0 Å². The molecule has 0 amide bonds. The second-order valence-corrected chi connectivity index (χ2v) is 5.34. The number of aromatic nitrogens is 1. The van der Waals surface area contributed by atoms with Gasteiger partial charge in [-0.05, 0) is 32.4 Å². The van der Waals surface area contributed by atoms with Crippen LogP contribution in [0.4, 0.5) is 5.82 Å². The van der Waals surface area contributed by atoms with Crippen molar-refractivity contribution in [2.24, 2.45) is 0 Å². The molecule has 1 aliphatic rings. The van der Waals surface area contributed by atoms with E-state index in [-0.39, 0.29) is 5.54 Å². The third-order valence-corrected chi connectivity index (χ3v) is 3.56. The first kappa shape index (κ1) is 12.8. The van der Waals surface area contributed by atoms with Crippen LogP contribution in [0, 0.1) is 18.3 Å². The first-order valence-corrected chi connectivity index (χ1v) is 6.37. The largest absolute Gasteiger partial charge is 0.354 e. The second kappa shape index (κ2) is 4.95. The summed E-state index contributed by atoms with van der Waals surface area (Å²) in [6.07, 6.45) is 1.90. The van der Waals surface area contributed by atoms with E-state index in [4.69, 9.17) is 5.26 Å². The fourth-order valence-electron chi connectivity index (χ4n) is 2.21. The molecule has 4 heteroatoms. The predicted octanol–water partition coefficient (Wildman–Crippen LogP) is 1.81. The van der Waals surface area contributed by atoms with Gasteiger partial charge in [-0.25, -0.2) is 4.98 Å². The molecule has 0 atom stereocenters. The minimum atomic E-state index is -0.368. The van der Waals surface area contributed by atoms with Crippen molar-refractivity contribution in [1.29, 1.82) is 5.26 Å². The minimum Gasteiger partial charge on any atom is -0.354 e. The fraction of sp³-hybridized carbons (Fsp3) is 0.571. The zero-order chi connectivity index (χ0) is 13.2. The van der Waals surface area contributed by atoms with Gasteiger partial charge in [0, 0.05) is 32.4 Å². The number of anilines is 1. The lowest BCUT2D eigenvalue weighted by Crippen LogP contribution is -2.54. The Bertz CT molecular complexity index is 436. The van der Waals surface area contributed by atoms with Crippen molar-refractivity contribution in [1.82, 2.24) is 9.88 Å². The molecule has 0 radical (unpaired) electrons. The SMILES string of the molecule is Cc1ccc(N2CCN(C(C)(C)C#N)CC2)nc1. The maximum absolute atomic E-state index is 9.14. The van der Waals surface area contributed by atoms with E-state index in [2.05, 4.69) is 33.0 Å². The van der Waals surface area contributed by atoms with Gasteiger partial charge in [-0.3, -0.25) is 4.90 Å². The highest BCUT2D eigenvalue weighted by molar-refractivity contribution is 5.39. The molecule has 1 aromatic rings. The van der Waals surface area contributed by atoms with Crippen LogP contribution in [0.15, 0.2) is 18.3 Å². The van der Waals surface area contributed by atoms with E-state index in [0.717, 1.165) is 32.0 Å². The lowest BCUT2D eigenvalue weighted by molar-refractivity contribution is 0.158. The highest BCUT2D eigenvalue weighted by atomic mass is 15.3. The number of pyridine rings is 1. The van der Waals surface area contributed by atoms with Crippen LogP contribution in [0.25, 0.3) is 0 Å². The van der Waals surface area contributed by atoms with Crippen molar-refractivity contribution in [2.75, 3.05) is 31.1 Å². The molecule has 1 aromatic heterocycles. The van der Waals surface area contributed by atoms with E-state index in [1.54, 1.807) is 0 Å². The monoisotopic (exact) mass is 244 g/mol. The molecule has 4 nitrogen and oxygen atoms in total. The average Bonchev–Trinajstić information content (AvgIpc) is 2.40. The van der Waals surface area contributed by atoms with Crippen LogP contribution in [-0.4, -0.2) is 41.6 Å². The number of hydrogen-bond donors (Lipinski definition) is 0. The summed E-state index contributed by atoms with van der Waals surface area (Å²) in [4.78, 5) is 8.97. The third kappa shape index (κ3) is 2.62. The standard InChI is InChI=1S/C14H20N4/c1-12-4-5-13(16-10-12)17-6-8-18(9-7-17)14(2,3)11-15/h4-5,10H,6-9H2,1-3H3. The molecule has 0 N–H and O–H groups in total. The van der Waals surface area contributed by atoms with Gasteiger partial charge >= 0.3 is 0 Å². The van der Waals surface area contributed by atoms with E-state index in [9.17, 15) is 0 Å². The molecule has 1 fully saturated rings. The molecule has 0 unspecified atom stereocenters. The Balaban J connectivity index is 1.99. The molecule has 18 heavy (non-hydrogen) atoms. The summed E-state index contributed by atoms with van der Waals surface area (Å²) in [5.74, 6) is 1.04. The second-order valence-electron chi connectivity index (χ2n) is 5.34. The van der Waals surface area contributed by atoms with Crippen molar-refractivity contribution < 1.29 is 0 Å². The van der Waals surface area contributed by atoms with Gasteiger partial charge in [-0.2, -0.15) is 5.26 Å². The van der Waals surface area contributed by atoms with Gasteiger partial charge in [0.15, 0.2) is 0 Å². The number of nitriles is 1. The van der Waals surface area contributed by atoms with E-state index in [1.807, 2.05) is 27.0 Å². The van der Waals surface area contributed by atoms with Crippen LogP contribution in [0.1, 0.15) is 19.4 Å². The summed E-state index contributed by atoms with van der Waals surface area (Å²) in [5.41, 5.74) is 0.815. The van der Waals surface area contributed by atoms with Crippen molar-refractivity contribution in [3.8, 4) is 6.07 Å². The van der Waals surface area contributed by atoms with E-state index >= 15 is 0 Å². The van der Waals surface area contributed by atoms with Crippen LogP contribution in [0.3, 0.4) is 0 Å². The highest BCUT2D eigenvalue weighted by Gasteiger charge is 2.29. The molecule has 0 bridgehead atoms. The Morgan fingerprint density at radius 3 is 2.39 bits per heavy atom. The van der Waals surface area contributed by atoms with Gasteiger partial charge in [-0.15, -0.1) is 0 Å². The molecule has 96 valence electrons. The van der Waals surface area contributed by atoms with Crippen LogP contribution < -0.4 is 4.90 Å². The molecule has 0 aliphatic carbocycles. The number of hydrogen-bond acceptors (Lipinski definition) is 4. The van der Waals surface area contributed by atoms with Gasteiger partial charge in [0.2, 0.25) is 0 Å². The van der Waals surface area contributed by atoms with Gasteiger partial charge in [-0.1, -0.05) is 6.07 Å². The lowest BCUT2D eigenvalue weighted by Gasteiger charge is -2.40. The Morgan fingerprint density at radius 2 is 1.89 bits per heavy atom. The zero-order valence-electron chi connectivity index (χ0n) is 11.3. The highest BCUT2D eigenvalue weighted by Crippen LogP contribution is 2.19. The molecule has 0 saturated carbocycles. The quantitative estimate of drug-likeness (QED) is 0.796. The van der Waals surface area contributed by atoms with Crippen LogP contribution in [-0.2, 0) is 0 Å². The maximum Gasteiger partial charge on any atom is 0.128 e. The maximum atomic E-state index is 9.14. The summed E-state index contributed by atoms with van der Waals surface area (Å²) in [6.45, 7) is 9.69. The minimum absolute atomic E-state index is 0.368. The number of nitrogens with zero attached hydrogens (tertiary/aromatic N) is 4. The Morgan fingerprint density at radius 1 is 1.22 bits per heavy atom. The van der Waals surface area contributed by atoms with Gasteiger partial charge < -0.3 is 4.90 Å². The molecule has 2 heterocycles. The molecule has 1 aliphatic heterocycles. The summed E-state index contributed by atoms with van der Waals surface area (Å²) >= 11 is 0. The van der Waals surface area contributed by atoms with Crippen molar-refractivity contribution in [2.45, 2.75) is 26.3 Å². The molecular formula is C14H20N4. The summed E-state index contributed by atoms with van der Waals surface area (Å²) in [6, 6.07) is 6.53. The van der Waals surface area contributed by atoms with E-state index in [1.165, 1.54) is 5.56 Å². The number of rotatable bonds is 2. The first-order valence-electron chi connectivity index (χ1n) is 6.37. The smallest absolute Gasteiger partial charge is 0.128 e. The van der Waals surface area contributed by atoms with Crippen molar-refractivity contribution in [3.05, 3.63) is 23.9 Å². The summed E-state index contributed by atoms with van der Waals surface area (Å²) in [7, 11) is 0. The zero-order valence-corrected chi connectivity index (χ0v) is 11.3. The Hall–Kier alpha value is -1.60. The molecule has 1 saturated heterocycles. The van der Waals surface area contributed by atoms with E-state index in [0.29, 0.717) is 0 Å². The fourth-order valence-corrected chi connectivity index (χ4v) is 2.21. The topological polar surface area (TPSA) is 43.2 Å². The molecule has 0 spiro atoms. The Kier molecular flexibility index (Phi) is 3.53. The summed E-state index contributed by atoms with van der Waals surface area (Å²) < 4.78 is 0. The first-order chi connectivity index (χ1) is 8.53. The average molecular weight is 244 g/mol. The van der Waals surface area contributed by atoms with Crippen LogP contribution >= 0.6 is 0 Å². The normalized spacial score (nSPS) is 17.6. The van der Waals surface area contributed by atoms with Crippen molar-refractivity contribution >= 4 is 5.82 Å². The number of aryl methyl sites for hydroxylation is 1. The van der Waals surface area contributed by atoms with Gasteiger partial charge in [0.1, 0.15) is 11.4 Å². The molecular weight excluding hydrogens is 224 g/mol. The predicted molar refractivity (Wildman–Crippen MR) is 72.5 cm³/mol. The molecule has 2 rings (SSSR count). The van der Waals surface area contributed by atoms with Crippen LogP contribution in [0.2, 0.25) is 0 Å². The molecule has 0 aromatic carbocycles. The Labute approximate surface area is 109 Å². The number of piperazine rings is 1. The lowest BCUT2D eigenvalue weighted by atomic mass is 10.0. The summed E-state index contributed by atoms with van der Waals surface area (Å²) in [5, 5.41) is 9.14. The van der Waals surface area contributed by atoms with E-state index < -0.39 is 0 Å². The van der Waals surface area contributed by atoms with Gasteiger partial charge in [0.25, 0.3) is 0 Å². The van der Waals surface area contributed by atoms with Gasteiger partial charge in [0.05, 0.1) is 6.07 Å².